The van der Waals surface area contributed by atoms with Crippen LogP contribution >= 0.6 is 0 Å². The number of nitrogens with two attached hydrogens (primary N) is 1. The van der Waals surface area contributed by atoms with E-state index in [9.17, 15) is 0 Å². The first-order valence-electron chi connectivity index (χ1n) is 6.35. The number of hydrogen-bond donors (Lipinski definition) is 1. The molecule has 1 heterocycles. The van der Waals surface area contributed by atoms with E-state index in [2.05, 4.69) is 45.9 Å². The average molecular weight is 233 g/mol. The monoisotopic (exact) mass is 233 g/mol. The molecule has 2 heteroatoms. The van der Waals surface area contributed by atoms with Crippen LogP contribution in [0.15, 0.2) is 18.2 Å². The third-order valence-electron chi connectivity index (χ3n) is 3.17. The fraction of sp³-hybridized carbons (Fsp3) is 0.600. The molecule has 94 valence electrons. The normalized spacial score (nSPS) is 18.4. The third-order valence-corrected chi connectivity index (χ3v) is 3.17. The SMILES string of the molecule is CC(C)(N)Cc1ccc2c(c1)CCC(C)(C)O2. The Morgan fingerprint density at radius 2 is 2.06 bits per heavy atom. The molecular formula is C15H23NO. The van der Waals surface area contributed by atoms with Crippen molar-refractivity contribution in [3.63, 3.8) is 0 Å². The number of benzene rings is 1. The molecule has 1 aromatic carbocycles. The van der Waals surface area contributed by atoms with Crippen LogP contribution in [-0.4, -0.2) is 11.1 Å². The number of fused-ring (bicyclic) bond motifs is 1. The van der Waals surface area contributed by atoms with Crippen LogP contribution in [0.25, 0.3) is 0 Å². The fourth-order valence-corrected chi connectivity index (χ4v) is 2.35. The molecule has 2 N–H and O–H groups in total. The molecule has 0 radical (unpaired) electrons. The van der Waals surface area contributed by atoms with Crippen molar-refractivity contribution in [2.24, 2.45) is 5.73 Å². The summed E-state index contributed by atoms with van der Waals surface area (Å²) in [5, 5.41) is 0. The van der Waals surface area contributed by atoms with Gasteiger partial charge in [-0.05, 0) is 64.2 Å². The first-order valence-corrected chi connectivity index (χ1v) is 6.35. The van der Waals surface area contributed by atoms with E-state index >= 15 is 0 Å². The van der Waals surface area contributed by atoms with E-state index in [0.29, 0.717) is 0 Å². The lowest BCUT2D eigenvalue weighted by atomic mass is 9.90. The van der Waals surface area contributed by atoms with Crippen molar-refractivity contribution >= 4 is 0 Å². The van der Waals surface area contributed by atoms with Crippen molar-refractivity contribution < 1.29 is 4.74 Å². The van der Waals surface area contributed by atoms with Crippen molar-refractivity contribution in [3.05, 3.63) is 29.3 Å². The summed E-state index contributed by atoms with van der Waals surface area (Å²) in [6.07, 6.45) is 3.08. The van der Waals surface area contributed by atoms with E-state index in [1.165, 1.54) is 11.1 Å². The summed E-state index contributed by atoms with van der Waals surface area (Å²) in [7, 11) is 0. The number of hydrogen-bond acceptors (Lipinski definition) is 2. The maximum Gasteiger partial charge on any atom is 0.123 e. The smallest absolute Gasteiger partial charge is 0.123 e. The second-order valence-electron chi connectivity index (χ2n) is 6.47. The molecule has 0 aliphatic carbocycles. The molecule has 17 heavy (non-hydrogen) atoms. The van der Waals surface area contributed by atoms with Crippen LogP contribution in [0.5, 0.6) is 5.75 Å². The van der Waals surface area contributed by atoms with Gasteiger partial charge in [0.2, 0.25) is 0 Å². The van der Waals surface area contributed by atoms with E-state index in [1.807, 2.05) is 0 Å². The summed E-state index contributed by atoms with van der Waals surface area (Å²) in [5.41, 5.74) is 8.51. The summed E-state index contributed by atoms with van der Waals surface area (Å²) in [4.78, 5) is 0. The lowest BCUT2D eigenvalue weighted by molar-refractivity contribution is 0.0846. The molecule has 0 fully saturated rings. The Kier molecular flexibility index (Phi) is 2.94. The van der Waals surface area contributed by atoms with Gasteiger partial charge in [0.25, 0.3) is 0 Å². The predicted octanol–water partition coefficient (Wildman–Crippen LogP) is 3.07. The van der Waals surface area contributed by atoms with Gasteiger partial charge in [0.15, 0.2) is 0 Å². The first kappa shape index (κ1) is 12.4. The average Bonchev–Trinajstić information content (AvgIpc) is 2.15. The maximum absolute atomic E-state index is 6.06. The van der Waals surface area contributed by atoms with Crippen molar-refractivity contribution in [1.29, 1.82) is 0 Å². The summed E-state index contributed by atoms with van der Waals surface area (Å²) >= 11 is 0. The van der Waals surface area contributed by atoms with Gasteiger partial charge in [0.1, 0.15) is 11.4 Å². The molecule has 0 saturated heterocycles. The zero-order chi connectivity index (χ0) is 12.7. The van der Waals surface area contributed by atoms with Crippen LogP contribution in [0.3, 0.4) is 0 Å². The van der Waals surface area contributed by atoms with Gasteiger partial charge >= 0.3 is 0 Å². The maximum atomic E-state index is 6.06. The Morgan fingerprint density at radius 1 is 1.35 bits per heavy atom. The molecule has 1 aliphatic rings. The van der Waals surface area contributed by atoms with E-state index in [1.54, 1.807) is 0 Å². The number of ether oxygens (including phenoxy) is 1. The van der Waals surface area contributed by atoms with Crippen LogP contribution in [0.2, 0.25) is 0 Å². The van der Waals surface area contributed by atoms with Gasteiger partial charge < -0.3 is 10.5 Å². The van der Waals surface area contributed by atoms with Crippen LogP contribution in [0.4, 0.5) is 0 Å². The molecule has 0 amide bonds. The van der Waals surface area contributed by atoms with Crippen LogP contribution in [0.1, 0.15) is 45.2 Å². The van der Waals surface area contributed by atoms with Gasteiger partial charge in [-0.1, -0.05) is 12.1 Å². The minimum atomic E-state index is -0.150. The second-order valence-corrected chi connectivity index (χ2v) is 6.47. The lowest BCUT2D eigenvalue weighted by Crippen LogP contribution is -2.35. The fourth-order valence-electron chi connectivity index (χ4n) is 2.35. The Bertz CT molecular complexity index is 415. The van der Waals surface area contributed by atoms with Crippen molar-refractivity contribution in [2.75, 3.05) is 0 Å². The lowest BCUT2D eigenvalue weighted by Gasteiger charge is -2.33. The highest BCUT2D eigenvalue weighted by molar-refractivity contribution is 5.40. The summed E-state index contributed by atoms with van der Waals surface area (Å²) in [6, 6.07) is 6.48. The van der Waals surface area contributed by atoms with Crippen LogP contribution < -0.4 is 10.5 Å². The second kappa shape index (κ2) is 4.02. The van der Waals surface area contributed by atoms with Crippen molar-refractivity contribution in [1.82, 2.24) is 0 Å². The van der Waals surface area contributed by atoms with Gasteiger partial charge in [-0.3, -0.25) is 0 Å². The predicted molar refractivity (Wildman–Crippen MR) is 71.4 cm³/mol. The number of aryl methyl sites for hydroxylation is 1. The van der Waals surface area contributed by atoms with E-state index < -0.39 is 0 Å². The molecule has 0 bridgehead atoms. The molecule has 0 atom stereocenters. The highest BCUT2D eigenvalue weighted by atomic mass is 16.5. The van der Waals surface area contributed by atoms with Crippen molar-refractivity contribution in [3.8, 4) is 5.75 Å². The molecule has 0 aromatic heterocycles. The van der Waals surface area contributed by atoms with Gasteiger partial charge in [-0.2, -0.15) is 0 Å². The minimum Gasteiger partial charge on any atom is -0.488 e. The summed E-state index contributed by atoms with van der Waals surface area (Å²) in [6.45, 7) is 8.41. The molecule has 1 aromatic rings. The van der Waals surface area contributed by atoms with E-state index in [0.717, 1.165) is 25.0 Å². The highest BCUT2D eigenvalue weighted by Gasteiger charge is 2.26. The Labute approximate surface area is 104 Å². The van der Waals surface area contributed by atoms with Crippen molar-refractivity contribution in [2.45, 2.75) is 58.1 Å². The van der Waals surface area contributed by atoms with Gasteiger partial charge in [-0.25, -0.2) is 0 Å². The molecular weight excluding hydrogens is 210 g/mol. The summed E-state index contributed by atoms with van der Waals surface area (Å²) < 4.78 is 5.97. The Hall–Kier alpha value is -1.02. The summed E-state index contributed by atoms with van der Waals surface area (Å²) in [5.74, 6) is 1.04. The molecule has 0 saturated carbocycles. The van der Waals surface area contributed by atoms with Crippen LogP contribution in [-0.2, 0) is 12.8 Å². The highest BCUT2D eigenvalue weighted by Crippen LogP contribution is 2.33. The van der Waals surface area contributed by atoms with E-state index in [-0.39, 0.29) is 11.1 Å². The molecule has 1 aliphatic heterocycles. The van der Waals surface area contributed by atoms with Crippen LogP contribution in [0, 0.1) is 0 Å². The Balaban J connectivity index is 2.22. The van der Waals surface area contributed by atoms with Gasteiger partial charge in [-0.15, -0.1) is 0 Å². The molecule has 0 spiro atoms. The molecule has 2 nitrogen and oxygen atoms in total. The first-order chi connectivity index (χ1) is 7.75. The quantitative estimate of drug-likeness (QED) is 0.852. The van der Waals surface area contributed by atoms with Gasteiger partial charge in [0.05, 0.1) is 0 Å². The number of rotatable bonds is 2. The zero-order valence-corrected chi connectivity index (χ0v) is 11.3. The topological polar surface area (TPSA) is 35.2 Å². The Morgan fingerprint density at radius 3 is 2.71 bits per heavy atom. The molecule has 2 rings (SSSR count). The minimum absolute atomic E-state index is 0.0261. The van der Waals surface area contributed by atoms with E-state index in [4.69, 9.17) is 10.5 Å². The molecule has 0 unspecified atom stereocenters. The third kappa shape index (κ3) is 3.22. The largest absolute Gasteiger partial charge is 0.488 e. The standard InChI is InChI=1S/C15H23NO/c1-14(2,16)10-11-5-6-13-12(9-11)7-8-15(3,4)17-13/h5-6,9H,7-8,10,16H2,1-4H3. The van der Waals surface area contributed by atoms with Gasteiger partial charge in [0, 0.05) is 5.54 Å². The zero-order valence-electron chi connectivity index (χ0n) is 11.3.